The minimum absolute atomic E-state index is 0.288. The normalized spacial score (nSPS) is 11.9. The van der Waals surface area contributed by atoms with E-state index in [-0.39, 0.29) is 5.92 Å². The van der Waals surface area contributed by atoms with Crippen molar-refractivity contribution in [1.29, 1.82) is 0 Å². The Hall–Kier alpha value is -1.58. The third-order valence-electron chi connectivity index (χ3n) is 2.04. The van der Waals surface area contributed by atoms with Crippen LogP contribution in [0.4, 0.5) is 0 Å². The van der Waals surface area contributed by atoms with Crippen LogP contribution in [0.5, 0.6) is 5.88 Å². The molecule has 1 heterocycles. The van der Waals surface area contributed by atoms with Crippen molar-refractivity contribution in [3.05, 3.63) is 23.9 Å². The average Bonchev–Trinajstić information content (AvgIpc) is 2.26. The highest BCUT2D eigenvalue weighted by Gasteiger charge is 1.99. The Balaban J connectivity index is 2.62. The highest BCUT2D eigenvalue weighted by Crippen LogP contribution is 2.07. The number of nitrogens with zero attached hydrogens (tertiary/aromatic N) is 2. The molecule has 0 bridgehead atoms. The summed E-state index contributed by atoms with van der Waals surface area (Å²) >= 11 is 0. The number of hydrogen-bond acceptors (Lipinski definition) is 3. The number of aliphatic imine (C=N–C) groups is 1. The van der Waals surface area contributed by atoms with Crippen molar-refractivity contribution in [2.24, 2.45) is 16.6 Å². The van der Waals surface area contributed by atoms with Gasteiger partial charge in [-0.15, -0.1) is 0 Å². The topological polar surface area (TPSA) is 60.5 Å². The molecule has 1 aromatic rings. The predicted octanol–water partition coefficient (Wildman–Crippen LogP) is 1.60. The second-order valence-corrected chi connectivity index (χ2v) is 3.60. The maximum Gasteiger partial charge on any atom is 0.212 e. The minimum atomic E-state index is 0.288. The molecule has 82 valence electrons. The van der Waals surface area contributed by atoms with Gasteiger partial charge < -0.3 is 10.5 Å². The van der Waals surface area contributed by atoms with Crippen molar-refractivity contribution >= 4 is 5.84 Å². The number of methoxy groups -OCH3 is 1. The number of hydrogen-bond donors (Lipinski definition) is 1. The Labute approximate surface area is 90.2 Å². The maximum absolute atomic E-state index is 5.73. The Morgan fingerprint density at radius 2 is 2.27 bits per heavy atom. The molecule has 2 N–H and O–H groups in total. The van der Waals surface area contributed by atoms with Gasteiger partial charge in [-0.3, -0.25) is 4.99 Å². The Kier molecular flexibility index (Phi) is 4.09. The Bertz CT molecular complexity index is 330. The lowest BCUT2D eigenvalue weighted by atomic mass is 10.2. The van der Waals surface area contributed by atoms with E-state index in [4.69, 9.17) is 10.5 Å². The van der Waals surface area contributed by atoms with Crippen LogP contribution in [0.1, 0.15) is 19.4 Å². The third-order valence-corrected chi connectivity index (χ3v) is 2.04. The summed E-state index contributed by atoms with van der Waals surface area (Å²) in [6.07, 6.45) is 1.75. The van der Waals surface area contributed by atoms with Gasteiger partial charge in [-0.1, -0.05) is 19.9 Å². The molecule has 0 radical (unpaired) electrons. The molecule has 0 unspecified atom stereocenters. The standard InChI is InChI=1S/C11H17N3O/c1-8(2)11(12)14-7-9-4-5-10(15-3)13-6-9/h4-6,8H,7H2,1-3H3,(H2,12,14). The molecule has 1 aromatic heterocycles. The lowest BCUT2D eigenvalue weighted by Crippen LogP contribution is -2.18. The molecule has 15 heavy (non-hydrogen) atoms. The summed E-state index contributed by atoms with van der Waals surface area (Å²) in [5, 5.41) is 0. The molecule has 0 amide bonds. The van der Waals surface area contributed by atoms with Crippen molar-refractivity contribution in [2.75, 3.05) is 7.11 Å². The fourth-order valence-corrected chi connectivity index (χ4v) is 0.990. The summed E-state index contributed by atoms with van der Waals surface area (Å²) in [7, 11) is 1.59. The maximum atomic E-state index is 5.73. The highest BCUT2D eigenvalue weighted by molar-refractivity contribution is 5.82. The summed E-state index contributed by atoms with van der Waals surface area (Å²) < 4.78 is 4.96. The van der Waals surface area contributed by atoms with Gasteiger partial charge in [0.05, 0.1) is 19.5 Å². The first-order valence-electron chi connectivity index (χ1n) is 4.92. The molecular formula is C11H17N3O. The molecule has 0 spiro atoms. The minimum Gasteiger partial charge on any atom is -0.481 e. The zero-order valence-corrected chi connectivity index (χ0v) is 9.40. The summed E-state index contributed by atoms with van der Waals surface area (Å²) in [5.41, 5.74) is 6.75. The van der Waals surface area contributed by atoms with Gasteiger partial charge in [0.1, 0.15) is 0 Å². The van der Waals surface area contributed by atoms with Gasteiger partial charge in [0.25, 0.3) is 0 Å². The molecule has 4 nitrogen and oxygen atoms in total. The van der Waals surface area contributed by atoms with E-state index in [0.717, 1.165) is 5.56 Å². The molecule has 0 saturated carbocycles. The van der Waals surface area contributed by atoms with E-state index in [1.807, 2.05) is 26.0 Å². The van der Waals surface area contributed by atoms with Crippen LogP contribution in [0.2, 0.25) is 0 Å². The van der Waals surface area contributed by atoms with E-state index in [1.54, 1.807) is 13.3 Å². The van der Waals surface area contributed by atoms with E-state index >= 15 is 0 Å². The van der Waals surface area contributed by atoms with Crippen LogP contribution in [0, 0.1) is 5.92 Å². The SMILES string of the molecule is COc1ccc(CN=C(N)C(C)C)cn1. The van der Waals surface area contributed by atoms with Gasteiger partial charge >= 0.3 is 0 Å². The zero-order valence-electron chi connectivity index (χ0n) is 9.40. The molecule has 0 aliphatic heterocycles. The average molecular weight is 207 g/mol. The van der Waals surface area contributed by atoms with Crippen LogP contribution in [0.15, 0.2) is 23.3 Å². The monoisotopic (exact) mass is 207 g/mol. The molecule has 1 rings (SSSR count). The first kappa shape index (κ1) is 11.5. The van der Waals surface area contributed by atoms with Crippen LogP contribution < -0.4 is 10.5 Å². The van der Waals surface area contributed by atoms with E-state index in [0.29, 0.717) is 18.3 Å². The van der Waals surface area contributed by atoms with E-state index in [2.05, 4.69) is 9.98 Å². The van der Waals surface area contributed by atoms with Gasteiger partial charge in [-0.2, -0.15) is 0 Å². The lowest BCUT2D eigenvalue weighted by molar-refractivity contribution is 0.397. The molecule has 0 aliphatic carbocycles. The quantitative estimate of drug-likeness (QED) is 0.602. The number of pyridine rings is 1. The van der Waals surface area contributed by atoms with Crippen LogP contribution in [0.25, 0.3) is 0 Å². The van der Waals surface area contributed by atoms with Gasteiger partial charge in [-0.05, 0) is 5.56 Å². The summed E-state index contributed by atoms with van der Waals surface area (Å²) in [5.74, 6) is 1.57. The fourth-order valence-electron chi connectivity index (χ4n) is 0.990. The van der Waals surface area contributed by atoms with Gasteiger partial charge in [0.15, 0.2) is 0 Å². The predicted molar refractivity (Wildman–Crippen MR) is 61.0 cm³/mol. The smallest absolute Gasteiger partial charge is 0.212 e. The first-order valence-corrected chi connectivity index (χ1v) is 4.92. The fraction of sp³-hybridized carbons (Fsp3) is 0.455. The van der Waals surface area contributed by atoms with E-state index < -0.39 is 0 Å². The number of aromatic nitrogens is 1. The van der Waals surface area contributed by atoms with Crippen molar-refractivity contribution in [1.82, 2.24) is 4.98 Å². The van der Waals surface area contributed by atoms with Gasteiger partial charge in [0, 0.05) is 18.2 Å². The van der Waals surface area contributed by atoms with Crippen molar-refractivity contribution in [3.8, 4) is 5.88 Å². The van der Waals surface area contributed by atoms with Gasteiger partial charge in [-0.25, -0.2) is 4.98 Å². The Morgan fingerprint density at radius 1 is 1.53 bits per heavy atom. The largest absolute Gasteiger partial charge is 0.481 e. The molecule has 0 aliphatic rings. The first-order chi connectivity index (χ1) is 7.13. The van der Waals surface area contributed by atoms with Crippen LogP contribution in [-0.4, -0.2) is 17.9 Å². The molecule has 0 atom stereocenters. The second kappa shape index (κ2) is 5.34. The molecule has 0 aromatic carbocycles. The number of rotatable bonds is 4. The van der Waals surface area contributed by atoms with Crippen molar-refractivity contribution in [3.63, 3.8) is 0 Å². The van der Waals surface area contributed by atoms with Crippen molar-refractivity contribution < 1.29 is 4.74 Å². The molecule has 0 fully saturated rings. The molecule has 4 heteroatoms. The van der Waals surface area contributed by atoms with E-state index in [9.17, 15) is 0 Å². The number of nitrogens with two attached hydrogens (primary N) is 1. The molecular weight excluding hydrogens is 190 g/mol. The summed E-state index contributed by atoms with van der Waals surface area (Å²) in [6, 6.07) is 3.75. The summed E-state index contributed by atoms with van der Waals surface area (Å²) in [4.78, 5) is 8.35. The summed E-state index contributed by atoms with van der Waals surface area (Å²) in [6.45, 7) is 4.61. The van der Waals surface area contributed by atoms with E-state index in [1.165, 1.54) is 0 Å². The lowest BCUT2D eigenvalue weighted by Gasteiger charge is -2.04. The van der Waals surface area contributed by atoms with Crippen molar-refractivity contribution in [2.45, 2.75) is 20.4 Å². The van der Waals surface area contributed by atoms with Crippen LogP contribution in [-0.2, 0) is 6.54 Å². The van der Waals surface area contributed by atoms with Gasteiger partial charge in [0.2, 0.25) is 5.88 Å². The van der Waals surface area contributed by atoms with Crippen LogP contribution in [0.3, 0.4) is 0 Å². The zero-order chi connectivity index (χ0) is 11.3. The van der Waals surface area contributed by atoms with Crippen LogP contribution >= 0.6 is 0 Å². The molecule has 0 saturated heterocycles. The second-order valence-electron chi connectivity index (χ2n) is 3.60. The highest BCUT2D eigenvalue weighted by atomic mass is 16.5. The number of ether oxygens (including phenoxy) is 1. The number of amidine groups is 1. The third kappa shape index (κ3) is 3.58. The Morgan fingerprint density at radius 3 is 2.73 bits per heavy atom.